The number of hydrogen-bond donors (Lipinski definition) is 0. The monoisotopic (exact) mass is 393 g/mol. The fraction of sp³-hybridized carbons (Fsp3) is 0.368. The summed E-state index contributed by atoms with van der Waals surface area (Å²) < 4.78 is 56.3. The summed E-state index contributed by atoms with van der Waals surface area (Å²) in [5.41, 5.74) is 0. The van der Waals surface area contributed by atoms with E-state index >= 15 is 0 Å². The van der Waals surface area contributed by atoms with Crippen molar-refractivity contribution in [2.45, 2.75) is 17.7 Å². The summed E-state index contributed by atoms with van der Waals surface area (Å²) in [5.74, 6) is 1.60. The van der Waals surface area contributed by atoms with Gasteiger partial charge in [-0.15, -0.1) is 0 Å². The molecule has 0 aromatic heterocycles. The van der Waals surface area contributed by atoms with Crippen molar-refractivity contribution in [1.82, 2.24) is 4.31 Å². The first-order valence-corrected chi connectivity index (χ1v) is 10.2. The van der Waals surface area contributed by atoms with Crippen LogP contribution in [0.5, 0.6) is 17.2 Å². The fourth-order valence-corrected chi connectivity index (χ4v) is 4.73. The minimum Gasteiger partial charge on any atom is -0.493 e. The lowest BCUT2D eigenvalue weighted by Gasteiger charge is -2.31. The molecule has 0 radical (unpaired) electrons. The first-order valence-electron chi connectivity index (χ1n) is 8.80. The number of rotatable bonds is 5. The molecular formula is C19H20FNO5S. The van der Waals surface area contributed by atoms with Crippen LogP contribution >= 0.6 is 0 Å². The third kappa shape index (κ3) is 3.86. The highest BCUT2D eigenvalue weighted by Crippen LogP contribution is 2.35. The maximum atomic E-state index is 12.9. The molecule has 4 rings (SSSR count). The first kappa shape index (κ1) is 18.1. The van der Waals surface area contributed by atoms with Crippen molar-refractivity contribution in [3.63, 3.8) is 0 Å². The van der Waals surface area contributed by atoms with Gasteiger partial charge in [-0.25, -0.2) is 12.8 Å². The molecule has 0 saturated carbocycles. The van der Waals surface area contributed by atoms with Crippen LogP contribution in [0.2, 0.25) is 0 Å². The van der Waals surface area contributed by atoms with E-state index in [1.807, 2.05) is 0 Å². The van der Waals surface area contributed by atoms with Gasteiger partial charge < -0.3 is 14.2 Å². The maximum absolute atomic E-state index is 12.9. The average molecular weight is 393 g/mol. The van der Waals surface area contributed by atoms with Crippen molar-refractivity contribution < 1.29 is 27.0 Å². The zero-order chi connectivity index (χ0) is 18.9. The molecule has 1 fully saturated rings. The molecule has 144 valence electrons. The van der Waals surface area contributed by atoms with Crippen molar-refractivity contribution in [3.05, 3.63) is 48.3 Å². The summed E-state index contributed by atoms with van der Waals surface area (Å²) in [6, 6.07) is 10.6. The lowest BCUT2D eigenvalue weighted by atomic mass is 9.99. The smallest absolute Gasteiger partial charge is 0.243 e. The number of ether oxygens (including phenoxy) is 3. The zero-order valence-electron chi connectivity index (χ0n) is 14.6. The van der Waals surface area contributed by atoms with Crippen molar-refractivity contribution in [2.24, 2.45) is 5.92 Å². The molecule has 8 heteroatoms. The molecular weight excluding hydrogens is 373 g/mol. The van der Waals surface area contributed by atoms with Gasteiger partial charge in [0.2, 0.25) is 16.8 Å². The highest BCUT2D eigenvalue weighted by atomic mass is 32.2. The Morgan fingerprint density at radius 3 is 2.48 bits per heavy atom. The van der Waals surface area contributed by atoms with Crippen LogP contribution in [0.1, 0.15) is 12.8 Å². The van der Waals surface area contributed by atoms with Gasteiger partial charge in [0, 0.05) is 19.2 Å². The van der Waals surface area contributed by atoms with Crippen molar-refractivity contribution in [2.75, 3.05) is 26.5 Å². The molecule has 0 bridgehead atoms. The molecule has 2 aliphatic rings. The SMILES string of the molecule is O=S(=O)(c1ccc2c(c1)OCO2)N1CCC(COc2ccc(F)cc2)CC1. The molecule has 2 aromatic rings. The number of benzene rings is 2. The Balaban J connectivity index is 1.35. The summed E-state index contributed by atoms with van der Waals surface area (Å²) in [7, 11) is -3.56. The molecule has 0 amide bonds. The second kappa shape index (κ2) is 7.36. The fourth-order valence-electron chi connectivity index (χ4n) is 3.25. The van der Waals surface area contributed by atoms with Gasteiger partial charge in [-0.3, -0.25) is 0 Å². The third-order valence-corrected chi connectivity index (χ3v) is 6.75. The van der Waals surface area contributed by atoms with Gasteiger partial charge in [-0.2, -0.15) is 4.31 Å². The van der Waals surface area contributed by atoms with Gasteiger partial charge in [-0.1, -0.05) is 0 Å². The summed E-state index contributed by atoms with van der Waals surface area (Å²) in [5, 5.41) is 0. The van der Waals surface area contributed by atoms with Gasteiger partial charge in [0.15, 0.2) is 11.5 Å². The zero-order valence-corrected chi connectivity index (χ0v) is 15.5. The van der Waals surface area contributed by atoms with Crippen LogP contribution < -0.4 is 14.2 Å². The number of fused-ring (bicyclic) bond motifs is 1. The number of sulfonamides is 1. The van der Waals surface area contributed by atoms with Crippen LogP contribution in [0.25, 0.3) is 0 Å². The Kier molecular flexibility index (Phi) is 4.92. The minimum atomic E-state index is -3.56. The molecule has 0 unspecified atom stereocenters. The topological polar surface area (TPSA) is 65.1 Å². The lowest BCUT2D eigenvalue weighted by Crippen LogP contribution is -2.39. The second-order valence-corrected chi connectivity index (χ2v) is 8.57. The highest BCUT2D eigenvalue weighted by Gasteiger charge is 2.31. The van der Waals surface area contributed by atoms with E-state index in [1.54, 1.807) is 24.3 Å². The molecule has 2 aliphatic heterocycles. The minimum absolute atomic E-state index is 0.109. The van der Waals surface area contributed by atoms with Gasteiger partial charge in [0.05, 0.1) is 11.5 Å². The van der Waals surface area contributed by atoms with E-state index in [1.165, 1.54) is 22.5 Å². The van der Waals surface area contributed by atoms with Crippen LogP contribution in [0, 0.1) is 11.7 Å². The van der Waals surface area contributed by atoms with Gasteiger partial charge in [0.1, 0.15) is 11.6 Å². The number of halogens is 1. The molecule has 1 saturated heterocycles. The summed E-state index contributed by atoms with van der Waals surface area (Å²) >= 11 is 0. The molecule has 2 heterocycles. The Hall–Kier alpha value is -2.32. The van der Waals surface area contributed by atoms with E-state index in [-0.39, 0.29) is 23.4 Å². The van der Waals surface area contributed by atoms with Crippen molar-refractivity contribution in [1.29, 1.82) is 0 Å². The van der Waals surface area contributed by atoms with Crippen LogP contribution in [0.3, 0.4) is 0 Å². The van der Waals surface area contributed by atoms with Crippen molar-refractivity contribution >= 4 is 10.0 Å². The molecule has 0 spiro atoms. The number of nitrogens with zero attached hydrogens (tertiary/aromatic N) is 1. The Labute approximate surface area is 157 Å². The van der Waals surface area contributed by atoms with Gasteiger partial charge >= 0.3 is 0 Å². The predicted molar refractivity (Wildman–Crippen MR) is 95.9 cm³/mol. The van der Waals surface area contributed by atoms with E-state index in [0.717, 1.165) is 0 Å². The van der Waals surface area contributed by atoms with E-state index in [0.29, 0.717) is 49.8 Å². The van der Waals surface area contributed by atoms with E-state index < -0.39 is 10.0 Å². The highest BCUT2D eigenvalue weighted by molar-refractivity contribution is 7.89. The second-order valence-electron chi connectivity index (χ2n) is 6.63. The van der Waals surface area contributed by atoms with Crippen LogP contribution in [0.15, 0.2) is 47.4 Å². The normalized spacial score (nSPS) is 17.8. The van der Waals surface area contributed by atoms with Crippen molar-refractivity contribution in [3.8, 4) is 17.2 Å². The molecule has 6 nitrogen and oxygen atoms in total. The summed E-state index contributed by atoms with van der Waals surface area (Å²) in [6.45, 7) is 1.48. The standard InChI is InChI=1S/C19H20FNO5S/c20-15-1-3-16(4-2-15)24-12-14-7-9-21(10-8-14)27(22,23)17-5-6-18-19(11-17)26-13-25-18/h1-6,11,14H,7-10,12-13H2. The largest absolute Gasteiger partial charge is 0.493 e. The lowest BCUT2D eigenvalue weighted by molar-refractivity contribution is 0.174. The summed E-state index contributed by atoms with van der Waals surface area (Å²) in [6.07, 6.45) is 1.43. The molecule has 0 atom stereocenters. The van der Waals surface area contributed by atoms with Crippen LogP contribution in [-0.4, -0.2) is 39.2 Å². The Morgan fingerprint density at radius 2 is 1.74 bits per heavy atom. The molecule has 2 aromatic carbocycles. The average Bonchev–Trinajstić information content (AvgIpc) is 3.16. The van der Waals surface area contributed by atoms with E-state index in [4.69, 9.17) is 14.2 Å². The van der Waals surface area contributed by atoms with Gasteiger partial charge in [0.25, 0.3) is 0 Å². The van der Waals surface area contributed by atoms with E-state index in [2.05, 4.69) is 0 Å². The number of hydrogen-bond acceptors (Lipinski definition) is 5. The van der Waals surface area contributed by atoms with Crippen LogP contribution in [0.4, 0.5) is 4.39 Å². The van der Waals surface area contributed by atoms with Gasteiger partial charge in [-0.05, 0) is 55.2 Å². The van der Waals surface area contributed by atoms with Crippen LogP contribution in [-0.2, 0) is 10.0 Å². The van der Waals surface area contributed by atoms with E-state index in [9.17, 15) is 12.8 Å². The maximum Gasteiger partial charge on any atom is 0.243 e. The molecule has 0 N–H and O–H groups in total. The molecule has 27 heavy (non-hydrogen) atoms. The molecule has 0 aliphatic carbocycles. The summed E-state index contributed by atoms with van der Waals surface area (Å²) in [4.78, 5) is 0.216. The quantitative estimate of drug-likeness (QED) is 0.781. The third-order valence-electron chi connectivity index (χ3n) is 4.85. The Morgan fingerprint density at radius 1 is 1.04 bits per heavy atom. The predicted octanol–water partition coefficient (Wildman–Crippen LogP) is 3.03. The Bertz CT molecular complexity index is 908. The first-order chi connectivity index (χ1) is 13.0. The number of piperidine rings is 1.